The van der Waals surface area contributed by atoms with Crippen LogP contribution in [0.2, 0.25) is 0 Å². The highest BCUT2D eigenvalue weighted by molar-refractivity contribution is 5.25. The van der Waals surface area contributed by atoms with E-state index in [-0.39, 0.29) is 0 Å². The third-order valence-corrected chi connectivity index (χ3v) is 7.40. The van der Waals surface area contributed by atoms with Gasteiger partial charge < -0.3 is 0 Å². The van der Waals surface area contributed by atoms with E-state index in [4.69, 9.17) is 0 Å². The van der Waals surface area contributed by atoms with Crippen LogP contribution in [0.4, 0.5) is 0 Å². The zero-order valence-electron chi connectivity index (χ0n) is 11.0. The van der Waals surface area contributed by atoms with Crippen molar-refractivity contribution < 1.29 is 0 Å². The van der Waals surface area contributed by atoms with Crippen LogP contribution in [0.5, 0.6) is 0 Å². The molecule has 15 heavy (non-hydrogen) atoms. The van der Waals surface area contributed by atoms with Gasteiger partial charge in [-0.25, -0.2) is 0 Å². The molecule has 86 valence electrons. The highest BCUT2D eigenvalue weighted by Gasteiger charge is 2.78. The Morgan fingerprint density at radius 2 is 1.60 bits per heavy atom. The summed E-state index contributed by atoms with van der Waals surface area (Å²) in [6.07, 6.45) is 4.46. The second-order valence-corrected chi connectivity index (χ2v) is 7.14. The number of hydrogen-bond donors (Lipinski definition) is 0. The Hall–Kier alpha value is 0. The Bertz CT molecular complexity index is 294. The molecule has 0 N–H and O–H groups in total. The molecule has 0 bridgehead atoms. The van der Waals surface area contributed by atoms with Crippen molar-refractivity contribution in [2.24, 2.45) is 40.4 Å². The fourth-order valence-corrected chi connectivity index (χ4v) is 6.15. The van der Waals surface area contributed by atoms with Crippen LogP contribution >= 0.6 is 0 Å². The first-order chi connectivity index (χ1) is 6.97. The molecule has 0 aromatic heterocycles. The van der Waals surface area contributed by atoms with E-state index in [0.29, 0.717) is 10.8 Å². The largest absolute Gasteiger partial charge is 0.0651 e. The Morgan fingerprint density at radius 3 is 2.13 bits per heavy atom. The Balaban J connectivity index is 1.97. The summed E-state index contributed by atoms with van der Waals surface area (Å²) in [6.45, 7) is 12.6. The molecule has 0 saturated heterocycles. The number of hydrogen-bond acceptors (Lipinski definition) is 0. The molecule has 0 aromatic carbocycles. The van der Waals surface area contributed by atoms with E-state index < -0.39 is 0 Å². The maximum absolute atomic E-state index is 2.62. The number of fused-ring (bicyclic) bond motifs is 4. The van der Waals surface area contributed by atoms with E-state index in [1.807, 2.05) is 0 Å². The molecule has 7 atom stereocenters. The number of rotatable bonds is 1. The normalized spacial score (nSPS) is 66.6. The summed E-state index contributed by atoms with van der Waals surface area (Å²) in [5.74, 6) is 5.18. The van der Waals surface area contributed by atoms with E-state index >= 15 is 0 Å². The predicted octanol–water partition coefficient (Wildman–Crippen LogP) is 4.35. The van der Waals surface area contributed by atoms with E-state index in [2.05, 4.69) is 34.6 Å². The molecule has 0 amide bonds. The van der Waals surface area contributed by atoms with Crippen LogP contribution < -0.4 is 0 Å². The first kappa shape index (κ1) is 10.2. The molecular formula is C15H26. The summed E-state index contributed by atoms with van der Waals surface area (Å²) in [5, 5.41) is 0. The minimum atomic E-state index is 0.690. The molecule has 7 unspecified atom stereocenters. The monoisotopic (exact) mass is 206 g/mol. The molecule has 0 radical (unpaired) electrons. The van der Waals surface area contributed by atoms with Gasteiger partial charge >= 0.3 is 0 Å². The molecular weight excluding hydrogens is 180 g/mol. The van der Waals surface area contributed by atoms with Crippen LogP contribution in [-0.4, -0.2) is 0 Å². The molecule has 0 spiro atoms. The lowest BCUT2D eigenvalue weighted by Crippen LogP contribution is -2.72. The Labute approximate surface area is 94.8 Å². The molecule has 0 heterocycles. The molecule has 0 nitrogen and oxygen atoms in total. The summed E-state index contributed by atoms with van der Waals surface area (Å²) in [4.78, 5) is 0. The fraction of sp³-hybridized carbons (Fsp3) is 1.00. The minimum Gasteiger partial charge on any atom is -0.0651 e. The van der Waals surface area contributed by atoms with Gasteiger partial charge in [0, 0.05) is 0 Å². The third kappa shape index (κ3) is 0.775. The first-order valence-corrected chi connectivity index (χ1v) is 6.97. The van der Waals surface area contributed by atoms with Crippen molar-refractivity contribution in [3.8, 4) is 0 Å². The predicted molar refractivity (Wildman–Crippen MR) is 64.5 cm³/mol. The topological polar surface area (TPSA) is 0 Å². The van der Waals surface area contributed by atoms with Crippen LogP contribution in [0.25, 0.3) is 0 Å². The SMILES string of the molecule is CCC1CC(C)C2(C)C1C1CC(C)C12C. The van der Waals surface area contributed by atoms with Gasteiger partial charge in [0.2, 0.25) is 0 Å². The van der Waals surface area contributed by atoms with E-state index in [1.54, 1.807) is 0 Å². The van der Waals surface area contributed by atoms with Crippen LogP contribution in [0.3, 0.4) is 0 Å². The Morgan fingerprint density at radius 1 is 1.00 bits per heavy atom. The fourth-order valence-electron chi connectivity index (χ4n) is 6.15. The van der Waals surface area contributed by atoms with Crippen LogP contribution in [0.15, 0.2) is 0 Å². The zero-order valence-corrected chi connectivity index (χ0v) is 11.0. The van der Waals surface area contributed by atoms with Gasteiger partial charge in [0.05, 0.1) is 0 Å². The lowest BCUT2D eigenvalue weighted by molar-refractivity contribution is -0.297. The van der Waals surface area contributed by atoms with Gasteiger partial charge in [0.1, 0.15) is 0 Å². The standard InChI is InChI=1S/C15H26/c1-6-11-7-9(2)15(5)13(11)12-8-10(3)14(12,15)4/h9-13H,6-8H2,1-5H3. The second kappa shape index (κ2) is 2.63. The van der Waals surface area contributed by atoms with Gasteiger partial charge in [-0.05, 0) is 53.3 Å². The van der Waals surface area contributed by atoms with Crippen molar-refractivity contribution in [1.82, 2.24) is 0 Å². The van der Waals surface area contributed by atoms with Gasteiger partial charge in [0.15, 0.2) is 0 Å². The van der Waals surface area contributed by atoms with E-state index in [0.717, 1.165) is 29.6 Å². The minimum absolute atomic E-state index is 0.690. The van der Waals surface area contributed by atoms with Gasteiger partial charge in [0.25, 0.3) is 0 Å². The molecule has 0 aliphatic heterocycles. The maximum atomic E-state index is 2.62. The summed E-state index contributed by atoms with van der Waals surface area (Å²) >= 11 is 0. The molecule has 3 aliphatic rings. The molecule has 0 aromatic rings. The summed E-state index contributed by atoms with van der Waals surface area (Å²) in [7, 11) is 0. The van der Waals surface area contributed by atoms with Crippen molar-refractivity contribution in [3.63, 3.8) is 0 Å². The van der Waals surface area contributed by atoms with Crippen molar-refractivity contribution in [1.29, 1.82) is 0 Å². The quantitative estimate of drug-likeness (QED) is 0.598. The summed E-state index contributed by atoms with van der Waals surface area (Å²) in [6, 6.07) is 0. The average Bonchev–Trinajstić information content (AvgIpc) is 2.46. The molecule has 3 fully saturated rings. The van der Waals surface area contributed by atoms with Gasteiger partial charge in [-0.2, -0.15) is 0 Å². The molecule has 0 heteroatoms. The van der Waals surface area contributed by atoms with Crippen molar-refractivity contribution >= 4 is 0 Å². The van der Waals surface area contributed by atoms with Crippen molar-refractivity contribution in [2.45, 2.75) is 53.9 Å². The summed E-state index contributed by atoms with van der Waals surface area (Å²) in [5.41, 5.74) is 1.40. The summed E-state index contributed by atoms with van der Waals surface area (Å²) < 4.78 is 0. The maximum Gasteiger partial charge on any atom is -0.0207 e. The van der Waals surface area contributed by atoms with Gasteiger partial charge in [-0.1, -0.05) is 41.0 Å². The first-order valence-electron chi connectivity index (χ1n) is 6.97. The van der Waals surface area contributed by atoms with Gasteiger partial charge in [-0.15, -0.1) is 0 Å². The van der Waals surface area contributed by atoms with Crippen LogP contribution in [0.1, 0.15) is 53.9 Å². The van der Waals surface area contributed by atoms with Gasteiger partial charge in [-0.3, -0.25) is 0 Å². The van der Waals surface area contributed by atoms with E-state index in [9.17, 15) is 0 Å². The average molecular weight is 206 g/mol. The molecule has 3 rings (SSSR count). The van der Waals surface area contributed by atoms with E-state index in [1.165, 1.54) is 19.3 Å². The highest BCUT2D eigenvalue weighted by atomic mass is 14.8. The molecule has 3 saturated carbocycles. The van der Waals surface area contributed by atoms with Crippen molar-refractivity contribution in [3.05, 3.63) is 0 Å². The lowest BCUT2D eigenvalue weighted by Gasteiger charge is -2.77. The third-order valence-electron chi connectivity index (χ3n) is 7.40. The highest BCUT2D eigenvalue weighted by Crippen LogP contribution is 2.83. The lowest BCUT2D eigenvalue weighted by atomic mass is 9.27. The van der Waals surface area contributed by atoms with Crippen LogP contribution in [0, 0.1) is 40.4 Å². The van der Waals surface area contributed by atoms with Crippen molar-refractivity contribution in [2.75, 3.05) is 0 Å². The molecule has 3 aliphatic carbocycles. The van der Waals surface area contributed by atoms with Crippen LogP contribution in [-0.2, 0) is 0 Å². The zero-order chi connectivity index (χ0) is 11.0. The Kier molecular flexibility index (Phi) is 1.78. The smallest absolute Gasteiger partial charge is 0.0207 e. The second-order valence-electron chi connectivity index (χ2n) is 7.14.